The van der Waals surface area contributed by atoms with E-state index in [-0.39, 0.29) is 5.97 Å². The van der Waals surface area contributed by atoms with Gasteiger partial charge in [-0.1, -0.05) is 23.9 Å². The number of ether oxygens (including phenoxy) is 1. The number of carbonyl (C=O) groups excluding carboxylic acids is 1. The van der Waals surface area contributed by atoms with Crippen LogP contribution in [0.2, 0.25) is 0 Å². The minimum absolute atomic E-state index is 0.184. The number of thiazole rings is 1. The average Bonchev–Trinajstić information content (AvgIpc) is 2.78. The Morgan fingerprint density at radius 1 is 1.44 bits per heavy atom. The molecule has 0 radical (unpaired) electrons. The molecule has 0 aliphatic heterocycles. The highest BCUT2D eigenvalue weighted by molar-refractivity contribution is 8.01. The zero-order chi connectivity index (χ0) is 13.2. The Balaban J connectivity index is 2.08. The second kappa shape index (κ2) is 5.28. The zero-order valence-electron chi connectivity index (χ0n) is 10.6. The van der Waals surface area contributed by atoms with E-state index in [1.165, 1.54) is 11.8 Å². The molecule has 2 aromatic rings. The number of hydrogen-bond acceptors (Lipinski definition) is 5. The lowest BCUT2D eigenvalue weighted by molar-refractivity contribution is -0.149. The maximum absolute atomic E-state index is 11.6. The number of methoxy groups -OCH3 is 1. The number of esters is 1. The van der Waals surface area contributed by atoms with E-state index < -0.39 is 5.41 Å². The molecule has 0 fully saturated rings. The molecule has 0 aliphatic carbocycles. The third kappa shape index (κ3) is 2.84. The van der Waals surface area contributed by atoms with Gasteiger partial charge in [-0.2, -0.15) is 0 Å². The highest BCUT2D eigenvalue weighted by Gasteiger charge is 2.29. The maximum Gasteiger partial charge on any atom is 0.312 e. The minimum atomic E-state index is -0.489. The van der Waals surface area contributed by atoms with Crippen molar-refractivity contribution in [3.63, 3.8) is 0 Å². The van der Waals surface area contributed by atoms with Gasteiger partial charge < -0.3 is 4.74 Å². The molecular formula is C13H15NO2S2. The zero-order valence-corrected chi connectivity index (χ0v) is 12.2. The van der Waals surface area contributed by atoms with Crippen LogP contribution in [0.1, 0.15) is 13.8 Å². The maximum atomic E-state index is 11.6. The standard InChI is InChI=1S/C13H15NO2S2/c1-13(2,11(15)16-3)8-17-12-14-9-6-4-5-7-10(9)18-12/h4-7H,8H2,1-3H3. The molecule has 0 bridgehead atoms. The van der Waals surface area contributed by atoms with Gasteiger partial charge in [0.05, 0.1) is 22.7 Å². The van der Waals surface area contributed by atoms with Gasteiger partial charge in [0.25, 0.3) is 0 Å². The van der Waals surface area contributed by atoms with Gasteiger partial charge in [-0.05, 0) is 26.0 Å². The fourth-order valence-corrected chi connectivity index (χ4v) is 3.63. The molecular weight excluding hydrogens is 266 g/mol. The van der Waals surface area contributed by atoms with Crippen LogP contribution in [0.5, 0.6) is 0 Å². The van der Waals surface area contributed by atoms with Crippen LogP contribution in [0.3, 0.4) is 0 Å². The lowest BCUT2D eigenvalue weighted by atomic mass is 9.97. The summed E-state index contributed by atoms with van der Waals surface area (Å²) in [4.78, 5) is 16.1. The van der Waals surface area contributed by atoms with E-state index >= 15 is 0 Å². The quantitative estimate of drug-likeness (QED) is 0.634. The molecule has 0 saturated carbocycles. The van der Waals surface area contributed by atoms with E-state index in [0.717, 1.165) is 9.86 Å². The molecule has 0 aliphatic rings. The highest BCUT2D eigenvalue weighted by Crippen LogP contribution is 2.33. The fourth-order valence-electron chi connectivity index (χ4n) is 1.49. The van der Waals surface area contributed by atoms with Crippen molar-refractivity contribution in [1.29, 1.82) is 0 Å². The number of para-hydroxylation sites is 1. The molecule has 0 amide bonds. The molecule has 5 heteroatoms. The average molecular weight is 281 g/mol. The largest absolute Gasteiger partial charge is 0.469 e. The van der Waals surface area contributed by atoms with E-state index in [0.29, 0.717) is 5.75 Å². The number of benzene rings is 1. The molecule has 96 valence electrons. The Bertz CT molecular complexity index is 530. The normalized spacial score (nSPS) is 11.7. The van der Waals surface area contributed by atoms with Crippen LogP contribution in [0, 0.1) is 5.41 Å². The summed E-state index contributed by atoms with van der Waals surface area (Å²) in [7, 11) is 1.42. The molecule has 0 saturated heterocycles. The molecule has 1 heterocycles. The van der Waals surface area contributed by atoms with E-state index in [9.17, 15) is 4.79 Å². The summed E-state index contributed by atoms with van der Waals surface area (Å²) in [6.07, 6.45) is 0. The van der Waals surface area contributed by atoms with Crippen LogP contribution >= 0.6 is 23.1 Å². The third-order valence-electron chi connectivity index (χ3n) is 2.57. The summed E-state index contributed by atoms with van der Waals surface area (Å²) >= 11 is 3.26. The van der Waals surface area contributed by atoms with E-state index in [2.05, 4.69) is 11.1 Å². The van der Waals surface area contributed by atoms with Gasteiger partial charge in [0, 0.05) is 5.75 Å². The molecule has 2 rings (SSSR count). The van der Waals surface area contributed by atoms with Gasteiger partial charge >= 0.3 is 5.97 Å². The number of nitrogens with zero attached hydrogens (tertiary/aromatic N) is 1. The number of thioether (sulfide) groups is 1. The Kier molecular flexibility index (Phi) is 3.92. The minimum Gasteiger partial charge on any atom is -0.469 e. The predicted molar refractivity (Wildman–Crippen MR) is 76.1 cm³/mol. The van der Waals surface area contributed by atoms with Crippen molar-refractivity contribution in [2.24, 2.45) is 5.41 Å². The molecule has 0 spiro atoms. The van der Waals surface area contributed by atoms with Crippen molar-refractivity contribution in [2.45, 2.75) is 18.2 Å². The number of carbonyl (C=O) groups is 1. The first-order chi connectivity index (χ1) is 8.53. The molecule has 0 atom stereocenters. The summed E-state index contributed by atoms with van der Waals surface area (Å²) < 4.78 is 6.96. The van der Waals surface area contributed by atoms with Crippen LogP contribution in [0.4, 0.5) is 0 Å². The summed E-state index contributed by atoms with van der Waals surface area (Å²) in [5.41, 5.74) is 0.526. The van der Waals surface area contributed by atoms with Gasteiger partial charge in [-0.25, -0.2) is 4.98 Å². The van der Waals surface area contributed by atoms with Crippen molar-refractivity contribution in [2.75, 3.05) is 12.9 Å². The first kappa shape index (κ1) is 13.4. The lowest BCUT2D eigenvalue weighted by Gasteiger charge is -2.19. The summed E-state index contributed by atoms with van der Waals surface area (Å²) in [6, 6.07) is 8.05. The van der Waals surface area contributed by atoms with Crippen LogP contribution in [0.25, 0.3) is 10.2 Å². The predicted octanol–water partition coefficient (Wildman–Crippen LogP) is 3.59. The van der Waals surface area contributed by atoms with Crippen molar-refractivity contribution < 1.29 is 9.53 Å². The Labute approximate surface area is 115 Å². The molecule has 0 N–H and O–H groups in total. The van der Waals surface area contributed by atoms with Crippen LogP contribution in [0.15, 0.2) is 28.6 Å². The molecule has 3 nitrogen and oxygen atoms in total. The summed E-state index contributed by atoms with van der Waals surface area (Å²) in [6.45, 7) is 3.78. The first-order valence-electron chi connectivity index (χ1n) is 5.60. The highest BCUT2D eigenvalue weighted by atomic mass is 32.2. The van der Waals surface area contributed by atoms with Crippen molar-refractivity contribution in [3.8, 4) is 0 Å². The van der Waals surface area contributed by atoms with Crippen molar-refractivity contribution in [1.82, 2.24) is 4.98 Å². The van der Waals surface area contributed by atoms with Crippen LogP contribution in [-0.4, -0.2) is 23.8 Å². The van der Waals surface area contributed by atoms with Gasteiger partial charge in [0.15, 0.2) is 4.34 Å². The smallest absolute Gasteiger partial charge is 0.312 e. The molecule has 1 aromatic carbocycles. The van der Waals surface area contributed by atoms with E-state index in [4.69, 9.17) is 4.74 Å². The summed E-state index contributed by atoms with van der Waals surface area (Å²) in [5, 5.41) is 0. The van der Waals surface area contributed by atoms with Crippen LogP contribution < -0.4 is 0 Å². The fraction of sp³-hybridized carbons (Fsp3) is 0.385. The number of aromatic nitrogens is 1. The second-order valence-corrected chi connectivity index (χ2v) is 6.86. The second-order valence-electron chi connectivity index (χ2n) is 4.61. The van der Waals surface area contributed by atoms with Gasteiger partial charge in [0.2, 0.25) is 0 Å². The Hall–Kier alpha value is -1.07. The molecule has 1 aromatic heterocycles. The van der Waals surface area contributed by atoms with Crippen LogP contribution in [-0.2, 0) is 9.53 Å². The topological polar surface area (TPSA) is 39.2 Å². The first-order valence-corrected chi connectivity index (χ1v) is 7.40. The molecule has 0 unspecified atom stereocenters. The third-order valence-corrected chi connectivity index (χ3v) is 5.21. The number of rotatable bonds is 4. The van der Waals surface area contributed by atoms with Crippen molar-refractivity contribution >= 4 is 39.3 Å². The Morgan fingerprint density at radius 2 is 2.17 bits per heavy atom. The summed E-state index contributed by atoms with van der Waals surface area (Å²) in [5.74, 6) is 0.482. The van der Waals surface area contributed by atoms with Gasteiger partial charge in [-0.15, -0.1) is 11.3 Å². The SMILES string of the molecule is COC(=O)C(C)(C)CSc1nc2ccccc2s1. The Morgan fingerprint density at radius 3 is 2.83 bits per heavy atom. The monoisotopic (exact) mass is 281 g/mol. The number of hydrogen-bond donors (Lipinski definition) is 0. The number of fused-ring (bicyclic) bond motifs is 1. The van der Waals surface area contributed by atoms with Gasteiger partial charge in [-0.3, -0.25) is 4.79 Å². The molecule has 18 heavy (non-hydrogen) atoms. The lowest BCUT2D eigenvalue weighted by Crippen LogP contribution is -2.28. The van der Waals surface area contributed by atoms with E-state index in [1.807, 2.05) is 32.0 Å². The van der Waals surface area contributed by atoms with Gasteiger partial charge in [0.1, 0.15) is 0 Å². The van der Waals surface area contributed by atoms with Crippen molar-refractivity contribution in [3.05, 3.63) is 24.3 Å². The van der Waals surface area contributed by atoms with E-state index in [1.54, 1.807) is 23.1 Å².